The normalized spacial score (nSPS) is 21.2. The number of aromatic nitrogens is 2. The third-order valence-corrected chi connectivity index (χ3v) is 5.72. The fourth-order valence-corrected chi connectivity index (χ4v) is 4.20. The Labute approximate surface area is 154 Å². The van der Waals surface area contributed by atoms with Gasteiger partial charge in [-0.15, -0.1) is 0 Å². The highest BCUT2D eigenvalue weighted by Crippen LogP contribution is 2.40. The number of H-pyrrole nitrogens is 1. The van der Waals surface area contributed by atoms with Gasteiger partial charge in [-0.1, -0.05) is 24.3 Å². The lowest BCUT2D eigenvalue weighted by atomic mass is 10.0. The lowest BCUT2D eigenvalue weighted by Gasteiger charge is -2.33. The van der Waals surface area contributed by atoms with Crippen molar-refractivity contribution in [3.8, 4) is 0 Å². The van der Waals surface area contributed by atoms with Crippen LogP contribution in [0.3, 0.4) is 0 Å². The summed E-state index contributed by atoms with van der Waals surface area (Å²) < 4.78 is 0. The number of piperidine rings is 1. The Kier molecular flexibility index (Phi) is 4.13. The van der Waals surface area contributed by atoms with Crippen molar-refractivity contribution in [2.24, 2.45) is 0 Å². The third-order valence-electron chi connectivity index (χ3n) is 5.72. The first-order valence-corrected chi connectivity index (χ1v) is 9.84. The van der Waals surface area contributed by atoms with Crippen LogP contribution in [0.25, 0.3) is 10.9 Å². The quantitative estimate of drug-likeness (QED) is 0.714. The van der Waals surface area contributed by atoms with Crippen molar-refractivity contribution in [3.05, 3.63) is 59.8 Å². The molecule has 2 heterocycles. The number of rotatable bonds is 5. The molecule has 0 amide bonds. The second kappa shape index (κ2) is 6.76. The van der Waals surface area contributed by atoms with E-state index < -0.39 is 0 Å². The zero-order valence-electron chi connectivity index (χ0n) is 15.1. The Morgan fingerprint density at radius 3 is 3.00 bits per heavy atom. The fourth-order valence-electron chi connectivity index (χ4n) is 4.20. The van der Waals surface area contributed by atoms with Gasteiger partial charge in [0, 0.05) is 30.2 Å². The highest BCUT2D eigenvalue weighted by molar-refractivity contribution is 5.81. The average molecular weight is 346 g/mol. The minimum absolute atomic E-state index is 0.510. The van der Waals surface area contributed by atoms with Crippen LogP contribution in [-0.2, 0) is 6.54 Å². The molecule has 1 atom stereocenters. The summed E-state index contributed by atoms with van der Waals surface area (Å²) in [6.45, 7) is 3.37. The molecule has 5 rings (SSSR count). The van der Waals surface area contributed by atoms with E-state index in [1.54, 1.807) is 5.56 Å². The molecule has 0 unspecified atom stereocenters. The lowest BCUT2D eigenvalue weighted by Crippen LogP contribution is -2.41. The van der Waals surface area contributed by atoms with E-state index in [4.69, 9.17) is 0 Å². The first-order valence-electron chi connectivity index (χ1n) is 9.84. The van der Waals surface area contributed by atoms with E-state index in [2.05, 4.69) is 62.9 Å². The molecule has 1 saturated heterocycles. The molecule has 2 N–H and O–H groups in total. The van der Waals surface area contributed by atoms with Gasteiger partial charge in [0.15, 0.2) is 0 Å². The van der Waals surface area contributed by atoms with Crippen molar-refractivity contribution in [3.63, 3.8) is 0 Å². The van der Waals surface area contributed by atoms with Crippen LogP contribution < -0.4 is 5.32 Å². The Hall–Kier alpha value is -2.33. The Balaban J connectivity index is 1.23. The fraction of sp³-hybridized carbons (Fsp3) is 0.409. The maximum atomic E-state index is 4.11. The van der Waals surface area contributed by atoms with Gasteiger partial charge in [-0.2, -0.15) is 5.10 Å². The SMILES string of the molecule is c1cc(CN2CCC[C@@H](Nc3ccc4cn[nH]c4c3)C2)cc(C2CC2)c1. The van der Waals surface area contributed by atoms with Crippen LogP contribution in [0.15, 0.2) is 48.7 Å². The van der Waals surface area contributed by atoms with E-state index in [9.17, 15) is 0 Å². The molecule has 4 nitrogen and oxygen atoms in total. The summed E-state index contributed by atoms with van der Waals surface area (Å²) in [6, 6.07) is 16.2. The van der Waals surface area contributed by atoms with Crippen LogP contribution in [0.4, 0.5) is 5.69 Å². The van der Waals surface area contributed by atoms with Gasteiger partial charge in [0.2, 0.25) is 0 Å². The summed E-state index contributed by atoms with van der Waals surface area (Å²) in [4.78, 5) is 2.60. The molecule has 26 heavy (non-hydrogen) atoms. The van der Waals surface area contributed by atoms with Crippen molar-refractivity contribution >= 4 is 16.6 Å². The largest absolute Gasteiger partial charge is 0.381 e. The zero-order valence-corrected chi connectivity index (χ0v) is 15.1. The van der Waals surface area contributed by atoms with E-state index in [0.29, 0.717) is 6.04 Å². The van der Waals surface area contributed by atoms with Gasteiger partial charge in [0.05, 0.1) is 11.7 Å². The first kappa shape index (κ1) is 15.9. The van der Waals surface area contributed by atoms with Gasteiger partial charge < -0.3 is 5.32 Å². The summed E-state index contributed by atoms with van der Waals surface area (Å²) in [7, 11) is 0. The van der Waals surface area contributed by atoms with Crippen LogP contribution in [0.2, 0.25) is 0 Å². The van der Waals surface area contributed by atoms with E-state index >= 15 is 0 Å². The van der Waals surface area contributed by atoms with Crippen molar-refractivity contribution in [2.45, 2.75) is 44.2 Å². The molecule has 134 valence electrons. The van der Waals surface area contributed by atoms with E-state index in [0.717, 1.165) is 29.9 Å². The number of nitrogens with zero attached hydrogens (tertiary/aromatic N) is 2. The van der Waals surface area contributed by atoms with E-state index in [1.165, 1.54) is 43.5 Å². The summed E-state index contributed by atoms with van der Waals surface area (Å²) in [5.74, 6) is 0.836. The van der Waals surface area contributed by atoms with Gasteiger partial charge >= 0.3 is 0 Å². The standard InChI is InChI=1S/C22H26N4/c1-3-16(11-18(4-1)17-6-7-17)14-26-10-2-5-21(15-26)24-20-9-8-19-13-23-25-22(19)12-20/h1,3-4,8-9,11-13,17,21,24H,2,5-7,10,14-15H2,(H,23,25)/t21-/m1/s1. The van der Waals surface area contributed by atoms with Gasteiger partial charge in [-0.3, -0.25) is 10.00 Å². The van der Waals surface area contributed by atoms with Crippen LogP contribution in [-0.4, -0.2) is 34.2 Å². The minimum Gasteiger partial charge on any atom is -0.381 e. The predicted molar refractivity (Wildman–Crippen MR) is 106 cm³/mol. The van der Waals surface area contributed by atoms with Crippen LogP contribution >= 0.6 is 0 Å². The van der Waals surface area contributed by atoms with Crippen molar-refractivity contribution < 1.29 is 0 Å². The minimum atomic E-state index is 0.510. The molecule has 1 aliphatic heterocycles. The molecule has 0 spiro atoms. The summed E-state index contributed by atoms with van der Waals surface area (Å²) in [6.07, 6.45) is 7.11. The molecule has 0 radical (unpaired) electrons. The molecular weight excluding hydrogens is 320 g/mol. The highest BCUT2D eigenvalue weighted by atomic mass is 15.2. The van der Waals surface area contributed by atoms with Crippen molar-refractivity contribution in [2.75, 3.05) is 18.4 Å². The molecule has 2 aliphatic rings. The second-order valence-electron chi connectivity index (χ2n) is 7.91. The predicted octanol–water partition coefficient (Wildman–Crippen LogP) is 4.52. The number of benzene rings is 2. The second-order valence-corrected chi connectivity index (χ2v) is 7.91. The van der Waals surface area contributed by atoms with Crippen molar-refractivity contribution in [1.29, 1.82) is 0 Å². The molecule has 2 fully saturated rings. The number of fused-ring (bicyclic) bond motifs is 1. The maximum Gasteiger partial charge on any atom is 0.0670 e. The third kappa shape index (κ3) is 3.47. The van der Waals surface area contributed by atoms with Crippen LogP contribution in [0.5, 0.6) is 0 Å². The van der Waals surface area contributed by atoms with E-state index in [-0.39, 0.29) is 0 Å². The Morgan fingerprint density at radius 2 is 2.08 bits per heavy atom. The molecule has 1 aliphatic carbocycles. The smallest absolute Gasteiger partial charge is 0.0670 e. The number of hydrogen-bond acceptors (Lipinski definition) is 3. The number of anilines is 1. The maximum absolute atomic E-state index is 4.11. The first-order chi connectivity index (χ1) is 12.8. The molecule has 1 aromatic heterocycles. The van der Waals surface area contributed by atoms with Gasteiger partial charge in [-0.05, 0) is 67.5 Å². The molecule has 1 saturated carbocycles. The van der Waals surface area contributed by atoms with Gasteiger partial charge in [0.1, 0.15) is 0 Å². The Bertz CT molecular complexity index is 896. The summed E-state index contributed by atoms with van der Waals surface area (Å²) >= 11 is 0. The Morgan fingerprint density at radius 1 is 1.12 bits per heavy atom. The van der Waals surface area contributed by atoms with Crippen molar-refractivity contribution in [1.82, 2.24) is 15.1 Å². The topological polar surface area (TPSA) is 44.0 Å². The molecular formula is C22H26N4. The molecule has 2 aromatic carbocycles. The number of nitrogens with one attached hydrogen (secondary N) is 2. The number of hydrogen-bond donors (Lipinski definition) is 2. The highest BCUT2D eigenvalue weighted by Gasteiger charge is 2.24. The van der Waals surface area contributed by atoms with Gasteiger partial charge in [-0.25, -0.2) is 0 Å². The van der Waals surface area contributed by atoms with Gasteiger partial charge in [0.25, 0.3) is 0 Å². The van der Waals surface area contributed by atoms with Crippen LogP contribution in [0.1, 0.15) is 42.7 Å². The molecule has 3 aromatic rings. The monoisotopic (exact) mass is 346 g/mol. The molecule has 4 heteroatoms. The average Bonchev–Trinajstić information content (AvgIpc) is 3.41. The zero-order chi connectivity index (χ0) is 17.3. The summed E-state index contributed by atoms with van der Waals surface area (Å²) in [5, 5.41) is 12.1. The lowest BCUT2D eigenvalue weighted by molar-refractivity contribution is 0.208. The number of aromatic amines is 1. The van der Waals surface area contributed by atoms with Crippen LogP contribution in [0, 0.1) is 0 Å². The number of likely N-dealkylation sites (tertiary alicyclic amines) is 1. The summed E-state index contributed by atoms with van der Waals surface area (Å²) in [5.41, 5.74) is 5.29. The molecule has 0 bridgehead atoms. The van der Waals surface area contributed by atoms with E-state index in [1.807, 2.05) is 6.20 Å².